The van der Waals surface area contributed by atoms with E-state index in [4.69, 9.17) is 28.4 Å². The first-order chi connectivity index (χ1) is 53.3. The number of nitrogens with one attached hydrogen (secondary N) is 1. The van der Waals surface area contributed by atoms with Crippen molar-refractivity contribution in [2.45, 2.75) is 478 Å². The molecule has 3 fully saturated rings. The Bertz CT molecular complexity index is 2200. The van der Waals surface area contributed by atoms with Crippen molar-refractivity contribution in [3.8, 4) is 0 Å². The Morgan fingerprint density at radius 3 is 0.982 bits per heavy atom. The van der Waals surface area contributed by atoms with Gasteiger partial charge in [-0.2, -0.15) is 0 Å². The van der Waals surface area contributed by atoms with E-state index in [1.54, 1.807) is 6.08 Å². The molecule has 109 heavy (non-hydrogen) atoms. The van der Waals surface area contributed by atoms with E-state index >= 15 is 0 Å². The molecule has 3 heterocycles. The molecule has 3 aliphatic heterocycles. The van der Waals surface area contributed by atoms with E-state index in [-0.39, 0.29) is 18.9 Å². The van der Waals surface area contributed by atoms with Gasteiger partial charge in [-0.3, -0.25) is 4.79 Å². The molecular formula is C90H165NO18. The molecule has 0 saturated carbocycles. The third-order valence-corrected chi connectivity index (χ3v) is 22.3. The summed E-state index contributed by atoms with van der Waals surface area (Å²) in [4.78, 5) is 13.5. The van der Waals surface area contributed by atoms with E-state index in [9.17, 15) is 61.0 Å². The maximum atomic E-state index is 13.5. The van der Waals surface area contributed by atoms with E-state index in [1.807, 2.05) is 6.08 Å². The van der Waals surface area contributed by atoms with Gasteiger partial charge in [0.25, 0.3) is 0 Å². The number of amides is 1. The van der Waals surface area contributed by atoms with E-state index in [2.05, 4.69) is 67.8 Å². The number of ether oxygens (including phenoxy) is 6. The van der Waals surface area contributed by atoms with Crippen molar-refractivity contribution >= 4 is 5.91 Å². The zero-order chi connectivity index (χ0) is 78.8. The van der Waals surface area contributed by atoms with Gasteiger partial charge in [0.1, 0.15) is 73.2 Å². The van der Waals surface area contributed by atoms with Gasteiger partial charge >= 0.3 is 0 Å². The second-order valence-electron chi connectivity index (χ2n) is 32.1. The third-order valence-electron chi connectivity index (χ3n) is 22.3. The highest BCUT2D eigenvalue weighted by atomic mass is 16.8. The summed E-state index contributed by atoms with van der Waals surface area (Å²) in [6.45, 7) is 1.76. The van der Waals surface area contributed by atoms with Gasteiger partial charge in [0, 0.05) is 6.42 Å². The lowest BCUT2D eigenvalue weighted by Gasteiger charge is -2.48. The minimum Gasteiger partial charge on any atom is -0.394 e. The fourth-order valence-corrected chi connectivity index (χ4v) is 15.1. The fraction of sp³-hybridized carbons (Fsp3) is 0.878. The minimum absolute atomic E-state index is 0.237. The van der Waals surface area contributed by atoms with Crippen LogP contribution in [0.2, 0.25) is 0 Å². The molecule has 1 amide bonds. The van der Waals surface area contributed by atoms with Gasteiger partial charge in [-0.1, -0.05) is 357 Å². The molecule has 0 aromatic carbocycles. The predicted molar refractivity (Wildman–Crippen MR) is 439 cm³/mol. The SMILES string of the molecule is CCCCCCC/C=C\C/C=C\C/C=C\CCCCCCCCCCCCCCCCCCCCCCC(=O)NC(COC1OC(CO)C(OC2OC(CO)C(OC3OC(CO)C(O)C(O)C3O)C(O)C2O)C(O)C1O)C(O)/C=C/CC/C=C/CCCCCCCCCCCCCCCCCCCCCCCCC. The molecule has 19 heteroatoms. The van der Waals surface area contributed by atoms with Crippen LogP contribution in [-0.4, -0.2) is 193 Å². The Kier molecular flexibility index (Phi) is 64.4. The number of hydrogen-bond acceptors (Lipinski definition) is 18. The average Bonchev–Trinajstić information content (AvgIpc) is 0.749. The lowest BCUT2D eigenvalue weighted by Crippen LogP contribution is -2.66. The molecule has 3 aliphatic rings. The number of unbranched alkanes of at least 4 members (excludes halogenated alkanes) is 49. The van der Waals surface area contributed by atoms with Crippen molar-refractivity contribution in [2.24, 2.45) is 0 Å². The highest BCUT2D eigenvalue weighted by Crippen LogP contribution is 2.34. The van der Waals surface area contributed by atoms with Gasteiger partial charge in [0.2, 0.25) is 5.91 Å². The number of aliphatic hydroxyl groups excluding tert-OH is 11. The average molecular weight is 1550 g/mol. The van der Waals surface area contributed by atoms with Crippen LogP contribution in [0, 0.1) is 0 Å². The van der Waals surface area contributed by atoms with Gasteiger partial charge in [-0.15, -0.1) is 0 Å². The molecule has 17 unspecified atom stereocenters. The van der Waals surface area contributed by atoms with E-state index in [0.717, 1.165) is 51.4 Å². The standard InChI is InChI=1S/C90H165NO18/c1-3-5-7-9-11-13-15-17-19-21-23-25-27-29-31-33-34-35-36-37-38-40-42-44-46-48-50-52-54-56-58-60-62-64-66-68-78(96)91-73(74(95)67-65-63-61-59-57-55-53-51-49-47-45-43-41-39-32-30-28-26-24-22-20-18-16-14-12-10-8-6-4-2)72-104-88-84(102)81(99)86(76(70-93)106-88)109-90-85(103)82(100)87(77(71-94)107-90)108-89-83(101)80(98)79(97)75(69-92)105-89/h15,17,21,23,27,29,57,59,65,67,73-77,79-90,92-95,97-103H,3-14,16,18-20,22,24-26,28,30-56,58,60-64,66,68-72H2,1-2H3,(H,91,96)/b17-15-,23-21-,29-27-,59-57+,67-65+. The van der Waals surface area contributed by atoms with Crippen molar-refractivity contribution in [3.63, 3.8) is 0 Å². The summed E-state index contributed by atoms with van der Waals surface area (Å²) in [5.41, 5.74) is 0. The topological polar surface area (TPSA) is 307 Å². The summed E-state index contributed by atoms with van der Waals surface area (Å²) in [6.07, 6.45) is 65.2. The number of allylic oxidation sites excluding steroid dienone is 9. The van der Waals surface area contributed by atoms with Crippen LogP contribution < -0.4 is 5.32 Å². The zero-order valence-corrected chi connectivity index (χ0v) is 68.8. The lowest BCUT2D eigenvalue weighted by atomic mass is 9.96. The molecule has 0 bridgehead atoms. The van der Waals surface area contributed by atoms with Gasteiger partial charge in [-0.25, -0.2) is 0 Å². The van der Waals surface area contributed by atoms with E-state index in [0.29, 0.717) is 12.8 Å². The Labute approximate surface area is 662 Å². The molecule has 0 aromatic heterocycles. The molecule has 0 aromatic rings. The molecule has 12 N–H and O–H groups in total. The summed E-state index contributed by atoms with van der Waals surface area (Å²) in [5.74, 6) is -0.279. The first-order valence-electron chi connectivity index (χ1n) is 45.0. The summed E-state index contributed by atoms with van der Waals surface area (Å²) < 4.78 is 34.5. The monoisotopic (exact) mass is 1550 g/mol. The van der Waals surface area contributed by atoms with Crippen molar-refractivity contribution in [2.75, 3.05) is 26.4 Å². The third kappa shape index (κ3) is 48.6. The summed E-state index contributed by atoms with van der Waals surface area (Å²) in [6, 6.07) is -0.993. The Balaban J connectivity index is 1.34. The van der Waals surface area contributed by atoms with Crippen molar-refractivity contribution in [3.05, 3.63) is 60.8 Å². The lowest BCUT2D eigenvalue weighted by molar-refractivity contribution is -0.379. The number of carbonyl (C=O) groups is 1. The van der Waals surface area contributed by atoms with Crippen LogP contribution in [0.4, 0.5) is 0 Å². The van der Waals surface area contributed by atoms with Crippen molar-refractivity contribution in [1.29, 1.82) is 0 Å². The smallest absolute Gasteiger partial charge is 0.220 e. The summed E-state index contributed by atoms with van der Waals surface area (Å²) >= 11 is 0. The van der Waals surface area contributed by atoms with Crippen LogP contribution in [-0.2, 0) is 33.2 Å². The predicted octanol–water partition coefficient (Wildman–Crippen LogP) is 17.0. The van der Waals surface area contributed by atoms with Crippen LogP contribution >= 0.6 is 0 Å². The molecule has 0 radical (unpaired) electrons. The normalized spacial score (nSPS) is 25.5. The van der Waals surface area contributed by atoms with Crippen molar-refractivity contribution in [1.82, 2.24) is 5.32 Å². The molecular weight excluding hydrogens is 1380 g/mol. The molecule has 19 nitrogen and oxygen atoms in total. The number of carbonyl (C=O) groups excluding carboxylic acids is 1. The largest absolute Gasteiger partial charge is 0.394 e. The number of hydrogen-bond donors (Lipinski definition) is 12. The maximum absolute atomic E-state index is 13.5. The van der Waals surface area contributed by atoms with Crippen LogP contribution in [0.5, 0.6) is 0 Å². The Hall–Kier alpha value is -2.51. The van der Waals surface area contributed by atoms with Gasteiger partial charge in [-0.05, 0) is 70.6 Å². The van der Waals surface area contributed by atoms with Gasteiger partial charge in [0.05, 0.1) is 38.6 Å². The van der Waals surface area contributed by atoms with Crippen LogP contribution in [0.15, 0.2) is 60.8 Å². The van der Waals surface area contributed by atoms with Crippen molar-refractivity contribution < 1.29 is 89.4 Å². The second kappa shape index (κ2) is 69.8. The van der Waals surface area contributed by atoms with Gasteiger partial charge < -0.3 is 89.9 Å². The zero-order valence-electron chi connectivity index (χ0n) is 68.8. The maximum Gasteiger partial charge on any atom is 0.220 e. The van der Waals surface area contributed by atoms with Crippen LogP contribution in [0.1, 0.15) is 373 Å². The molecule has 3 saturated heterocycles. The quantitative estimate of drug-likeness (QED) is 0.0199. The van der Waals surface area contributed by atoms with E-state index in [1.165, 1.54) is 289 Å². The van der Waals surface area contributed by atoms with Crippen LogP contribution in [0.3, 0.4) is 0 Å². The first kappa shape index (κ1) is 101. The Morgan fingerprint density at radius 1 is 0.330 bits per heavy atom. The van der Waals surface area contributed by atoms with Crippen LogP contribution in [0.25, 0.3) is 0 Å². The minimum atomic E-state index is -1.98. The number of rotatable bonds is 73. The molecule has 17 atom stereocenters. The highest BCUT2D eigenvalue weighted by molar-refractivity contribution is 5.76. The highest BCUT2D eigenvalue weighted by Gasteiger charge is 2.54. The molecule has 638 valence electrons. The molecule has 3 rings (SSSR count). The summed E-state index contributed by atoms with van der Waals surface area (Å²) in [5, 5.41) is 121. The Morgan fingerprint density at radius 2 is 0.615 bits per heavy atom. The van der Waals surface area contributed by atoms with E-state index < -0.39 is 124 Å². The molecule has 0 spiro atoms. The first-order valence-corrected chi connectivity index (χ1v) is 45.0. The second-order valence-corrected chi connectivity index (χ2v) is 32.1. The molecule has 0 aliphatic carbocycles. The summed E-state index contributed by atoms with van der Waals surface area (Å²) in [7, 11) is 0. The number of aliphatic hydroxyl groups is 11. The fourth-order valence-electron chi connectivity index (χ4n) is 15.1. The van der Waals surface area contributed by atoms with Gasteiger partial charge in [0.15, 0.2) is 18.9 Å².